The summed E-state index contributed by atoms with van der Waals surface area (Å²) in [4.78, 5) is 12.7. The van der Waals surface area contributed by atoms with Gasteiger partial charge in [-0.15, -0.1) is 0 Å². The Hall–Kier alpha value is -2.04. The van der Waals surface area contributed by atoms with E-state index in [0.29, 0.717) is 31.4 Å². The molecule has 1 aromatic rings. The zero-order valence-electron chi connectivity index (χ0n) is 13.9. The summed E-state index contributed by atoms with van der Waals surface area (Å²) in [6.07, 6.45) is 2.93. The van der Waals surface area contributed by atoms with E-state index in [0.717, 1.165) is 35.9 Å². The fourth-order valence-electron chi connectivity index (χ4n) is 3.84. The lowest BCUT2D eigenvalue weighted by atomic mass is 9.74. The number of nitriles is 1. The number of rotatable bonds is 3. The first-order valence-corrected chi connectivity index (χ1v) is 8.68. The molecule has 8 heteroatoms. The van der Waals surface area contributed by atoms with E-state index in [1.807, 2.05) is 0 Å². The highest BCUT2D eigenvalue weighted by atomic mass is 19.4. The van der Waals surface area contributed by atoms with Gasteiger partial charge < -0.3 is 5.32 Å². The molecular formula is C17H21F3N4O. The second-order valence-corrected chi connectivity index (χ2v) is 7.03. The smallest absolute Gasteiger partial charge is 0.346 e. The van der Waals surface area contributed by atoms with Crippen molar-refractivity contribution >= 4 is 5.91 Å². The van der Waals surface area contributed by atoms with Crippen LogP contribution < -0.4 is 5.32 Å². The molecule has 1 amide bonds. The number of carbonyl (C=O) groups is 1. The highest BCUT2D eigenvalue weighted by molar-refractivity contribution is 5.85. The summed E-state index contributed by atoms with van der Waals surface area (Å²) in [7, 11) is 0. The molecule has 1 fully saturated rings. The normalized spacial score (nSPS) is 22.7. The van der Waals surface area contributed by atoms with E-state index in [2.05, 4.69) is 16.5 Å². The molecule has 2 aliphatic carbocycles. The van der Waals surface area contributed by atoms with Crippen molar-refractivity contribution in [2.45, 2.75) is 70.1 Å². The predicted molar refractivity (Wildman–Crippen MR) is 83.2 cm³/mol. The molecule has 1 saturated carbocycles. The van der Waals surface area contributed by atoms with Gasteiger partial charge in [0.15, 0.2) is 0 Å². The summed E-state index contributed by atoms with van der Waals surface area (Å²) < 4.78 is 38.7. The zero-order valence-corrected chi connectivity index (χ0v) is 13.9. The molecule has 5 nitrogen and oxygen atoms in total. The first kappa shape index (κ1) is 17.8. The van der Waals surface area contributed by atoms with Crippen molar-refractivity contribution in [2.24, 2.45) is 5.41 Å². The summed E-state index contributed by atoms with van der Waals surface area (Å²) in [5.41, 5.74) is 0.243. The van der Waals surface area contributed by atoms with Crippen LogP contribution in [0.5, 0.6) is 0 Å². The van der Waals surface area contributed by atoms with Crippen LogP contribution in [-0.4, -0.2) is 21.9 Å². The summed E-state index contributed by atoms with van der Waals surface area (Å²) in [5.74, 6) is -0.307. The molecule has 25 heavy (non-hydrogen) atoms. The van der Waals surface area contributed by atoms with Gasteiger partial charge in [0.1, 0.15) is 12.0 Å². The lowest BCUT2D eigenvalue weighted by molar-refractivity contribution is -0.142. The monoisotopic (exact) mass is 354 g/mol. The SMILES string of the molecule is N#CC1(C(=O)NC2CCCc3cn(CC(F)(F)F)nc32)CCCCC1. The first-order valence-electron chi connectivity index (χ1n) is 8.68. The van der Waals surface area contributed by atoms with Crippen molar-refractivity contribution in [3.63, 3.8) is 0 Å². The van der Waals surface area contributed by atoms with Crippen molar-refractivity contribution in [2.75, 3.05) is 0 Å². The average molecular weight is 354 g/mol. The van der Waals surface area contributed by atoms with Gasteiger partial charge in [0.2, 0.25) is 5.91 Å². The molecule has 0 aromatic carbocycles. The largest absolute Gasteiger partial charge is 0.408 e. The number of halogens is 3. The Balaban J connectivity index is 1.77. The number of amides is 1. The number of hydrogen-bond acceptors (Lipinski definition) is 3. The molecule has 0 saturated heterocycles. The van der Waals surface area contributed by atoms with E-state index in [4.69, 9.17) is 0 Å². The Morgan fingerprint density at radius 1 is 1.36 bits per heavy atom. The number of hydrogen-bond donors (Lipinski definition) is 1. The van der Waals surface area contributed by atoms with Crippen molar-refractivity contribution < 1.29 is 18.0 Å². The molecule has 1 heterocycles. The van der Waals surface area contributed by atoms with E-state index < -0.39 is 24.2 Å². The molecule has 3 rings (SSSR count). The third-order valence-corrected chi connectivity index (χ3v) is 5.14. The molecule has 1 atom stereocenters. The summed E-state index contributed by atoms with van der Waals surface area (Å²) in [5, 5.41) is 16.5. The first-order chi connectivity index (χ1) is 11.8. The highest BCUT2D eigenvalue weighted by Crippen LogP contribution is 2.37. The van der Waals surface area contributed by atoms with Gasteiger partial charge in [-0.2, -0.15) is 23.5 Å². The quantitative estimate of drug-likeness (QED) is 0.904. The summed E-state index contributed by atoms with van der Waals surface area (Å²) in [6, 6.07) is 1.76. The van der Waals surface area contributed by atoms with E-state index >= 15 is 0 Å². The molecule has 0 radical (unpaired) electrons. The van der Waals surface area contributed by atoms with Crippen molar-refractivity contribution in [1.29, 1.82) is 5.26 Å². The Kier molecular flexibility index (Phi) is 4.76. The summed E-state index contributed by atoms with van der Waals surface area (Å²) in [6.45, 7) is -1.14. The lowest BCUT2D eigenvalue weighted by Gasteiger charge is -2.32. The van der Waals surface area contributed by atoms with Crippen molar-refractivity contribution in [3.05, 3.63) is 17.5 Å². The van der Waals surface area contributed by atoms with E-state index in [-0.39, 0.29) is 5.91 Å². The fraction of sp³-hybridized carbons (Fsp3) is 0.706. The number of nitrogens with zero attached hydrogens (tertiary/aromatic N) is 3. The third kappa shape index (κ3) is 3.80. The Morgan fingerprint density at radius 2 is 2.08 bits per heavy atom. The van der Waals surface area contributed by atoms with Gasteiger partial charge in [-0.05, 0) is 37.7 Å². The van der Waals surface area contributed by atoms with Crippen molar-refractivity contribution in [1.82, 2.24) is 15.1 Å². The average Bonchev–Trinajstić information content (AvgIpc) is 2.96. The molecule has 136 valence electrons. The van der Waals surface area contributed by atoms with Gasteiger partial charge in [-0.3, -0.25) is 9.48 Å². The van der Waals surface area contributed by atoms with Crippen LogP contribution in [0.2, 0.25) is 0 Å². The minimum absolute atomic E-state index is 0.307. The van der Waals surface area contributed by atoms with Crippen LogP contribution in [0.3, 0.4) is 0 Å². The van der Waals surface area contributed by atoms with Gasteiger partial charge in [-0.1, -0.05) is 19.3 Å². The Bertz CT molecular complexity index is 683. The zero-order chi connectivity index (χ0) is 18.1. The number of aromatic nitrogens is 2. The van der Waals surface area contributed by atoms with Crippen LogP contribution in [0, 0.1) is 16.7 Å². The summed E-state index contributed by atoms with van der Waals surface area (Å²) >= 11 is 0. The molecule has 2 aliphatic rings. The maximum absolute atomic E-state index is 12.7. The number of nitrogens with one attached hydrogen (secondary N) is 1. The minimum Gasteiger partial charge on any atom is -0.346 e. The molecular weight excluding hydrogens is 333 g/mol. The fourth-order valence-corrected chi connectivity index (χ4v) is 3.84. The molecule has 0 aliphatic heterocycles. The Labute approximate surface area is 144 Å². The topological polar surface area (TPSA) is 70.7 Å². The number of alkyl halides is 3. The van der Waals surface area contributed by atoms with Gasteiger partial charge in [0.25, 0.3) is 0 Å². The second kappa shape index (κ2) is 6.70. The van der Waals surface area contributed by atoms with Crippen LogP contribution in [0.1, 0.15) is 62.2 Å². The van der Waals surface area contributed by atoms with Gasteiger partial charge in [-0.25, -0.2) is 0 Å². The molecule has 1 unspecified atom stereocenters. The highest BCUT2D eigenvalue weighted by Gasteiger charge is 2.41. The molecule has 0 spiro atoms. The maximum atomic E-state index is 12.7. The van der Waals surface area contributed by atoms with E-state index in [9.17, 15) is 23.2 Å². The predicted octanol–water partition coefficient (Wildman–Crippen LogP) is 3.41. The van der Waals surface area contributed by atoms with Crippen LogP contribution in [0.25, 0.3) is 0 Å². The molecule has 0 bridgehead atoms. The van der Waals surface area contributed by atoms with Gasteiger partial charge in [0, 0.05) is 6.20 Å². The van der Waals surface area contributed by atoms with E-state index in [1.165, 1.54) is 6.20 Å². The van der Waals surface area contributed by atoms with Crippen molar-refractivity contribution in [3.8, 4) is 6.07 Å². The maximum Gasteiger partial charge on any atom is 0.408 e. The third-order valence-electron chi connectivity index (χ3n) is 5.14. The molecule has 1 aromatic heterocycles. The number of aryl methyl sites for hydroxylation is 1. The van der Waals surface area contributed by atoms with Crippen LogP contribution in [-0.2, 0) is 17.8 Å². The second-order valence-electron chi connectivity index (χ2n) is 7.03. The number of carbonyl (C=O) groups excluding carboxylic acids is 1. The van der Waals surface area contributed by atoms with E-state index in [1.54, 1.807) is 0 Å². The van der Waals surface area contributed by atoms with Crippen LogP contribution >= 0.6 is 0 Å². The molecule has 1 N–H and O–H groups in total. The standard InChI is InChI=1S/C17H21F3N4O/c18-17(19,20)11-24-9-12-5-4-6-13(14(12)23-24)22-15(25)16(10-21)7-2-1-3-8-16/h9,13H,1-8,11H2,(H,22,25). The van der Waals surface area contributed by atoms with Gasteiger partial charge in [0.05, 0.1) is 17.8 Å². The van der Waals surface area contributed by atoms with Crippen LogP contribution in [0.4, 0.5) is 13.2 Å². The Morgan fingerprint density at radius 3 is 2.72 bits per heavy atom. The van der Waals surface area contributed by atoms with Gasteiger partial charge >= 0.3 is 6.18 Å². The number of fused-ring (bicyclic) bond motifs is 1. The van der Waals surface area contributed by atoms with Crippen LogP contribution in [0.15, 0.2) is 6.20 Å². The minimum atomic E-state index is -4.33. The lowest BCUT2D eigenvalue weighted by Crippen LogP contribution is -2.43.